The van der Waals surface area contributed by atoms with Crippen molar-refractivity contribution in [1.29, 1.82) is 0 Å². The molecule has 1 aliphatic heterocycles. The normalized spacial score (nSPS) is 24.0. The van der Waals surface area contributed by atoms with Crippen LogP contribution in [0.1, 0.15) is 57.8 Å². The van der Waals surface area contributed by atoms with Gasteiger partial charge in [0.15, 0.2) is 0 Å². The summed E-state index contributed by atoms with van der Waals surface area (Å²) in [6.07, 6.45) is 8.49. The monoisotopic (exact) mass is 283 g/mol. The molecule has 114 valence electrons. The Bertz CT molecular complexity index is 339. The van der Waals surface area contributed by atoms with Crippen molar-refractivity contribution in [2.45, 2.75) is 69.9 Å². The van der Waals surface area contributed by atoms with E-state index in [1.54, 1.807) is 0 Å². The molecule has 1 atom stereocenters. The predicted octanol–water partition coefficient (Wildman–Crippen LogP) is 2.19. The number of rotatable bonds is 6. The van der Waals surface area contributed by atoms with E-state index in [0.717, 1.165) is 38.6 Å². The summed E-state index contributed by atoms with van der Waals surface area (Å²) in [7, 11) is 0. The Morgan fingerprint density at radius 1 is 1.10 bits per heavy atom. The number of likely N-dealkylation sites (tertiary alicyclic amines) is 1. The first-order chi connectivity index (χ1) is 9.66. The van der Waals surface area contributed by atoms with Gasteiger partial charge < -0.3 is 14.7 Å². The van der Waals surface area contributed by atoms with Crippen LogP contribution in [-0.2, 0) is 14.3 Å². The van der Waals surface area contributed by atoms with Gasteiger partial charge in [0.05, 0.1) is 6.10 Å². The number of carboxylic acids is 1. The van der Waals surface area contributed by atoms with Gasteiger partial charge in [-0.25, -0.2) is 0 Å². The topological polar surface area (TPSA) is 66.8 Å². The zero-order chi connectivity index (χ0) is 14.4. The van der Waals surface area contributed by atoms with Crippen LogP contribution in [0.15, 0.2) is 0 Å². The summed E-state index contributed by atoms with van der Waals surface area (Å²) in [6.45, 7) is 0.908. The van der Waals surface area contributed by atoms with Gasteiger partial charge >= 0.3 is 5.97 Å². The highest BCUT2D eigenvalue weighted by Gasteiger charge is 2.27. The molecule has 0 bridgehead atoms. The van der Waals surface area contributed by atoms with Crippen molar-refractivity contribution in [2.24, 2.45) is 0 Å². The van der Waals surface area contributed by atoms with Gasteiger partial charge in [-0.3, -0.25) is 9.59 Å². The Labute approximate surface area is 120 Å². The van der Waals surface area contributed by atoms with E-state index in [1.165, 1.54) is 12.8 Å². The molecule has 5 heteroatoms. The Kier molecular flexibility index (Phi) is 5.83. The van der Waals surface area contributed by atoms with E-state index in [4.69, 9.17) is 9.84 Å². The molecule has 1 amide bonds. The van der Waals surface area contributed by atoms with Crippen molar-refractivity contribution < 1.29 is 19.4 Å². The lowest BCUT2D eigenvalue weighted by Gasteiger charge is -2.35. The van der Waals surface area contributed by atoms with Gasteiger partial charge in [-0.05, 0) is 38.5 Å². The van der Waals surface area contributed by atoms with Crippen LogP contribution in [0.25, 0.3) is 0 Å². The number of hydrogen-bond donors (Lipinski definition) is 1. The zero-order valence-electron chi connectivity index (χ0n) is 12.1. The van der Waals surface area contributed by atoms with E-state index in [1.807, 2.05) is 4.90 Å². The largest absolute Gasteiger partial charge is 0.481 e. The molecule has 5 nitrogen and oxygen atoms in total. The molecular weight excluding hydrogens is 258 g/mol. The van der Waals surface area contributed by atoms with Crippen molar-refractivity contribution in [3.05, 3.63) is 0 Å². The molecule has 0 aromatic rings. The second kappa shape index (κ2) is 7.62. The molecule has 2 fully saturated rings. The van der Waals surface area contributed by atoms with Crippen molar-refractivity contribution in [1.82, 2.24) is 4.90 Å². The smallest absolute Gasteiger partial charge is 0.303 e. The second-order valence-corrected chi connectivity index (χ2v) is 5.89. The highest BCUT2D eigenvalue weighted by atomic mass is 16.5. The third-order valence-electron chi connectivity index (χ3n) is 4.38. The molecule has 2 aliphatic rings. The Balaban J connectivity index is 1.79. The molecule has 0 aromatic heterocycles. The molecule has 1 heterocycles. The van der Waals surface area contributed by atoms with Crippen LogP contribution in [0, 0.1) is 0 Å². The van der Waals surface area contributed by atoms with Crippen LogP contribution < -0.4 is 0 Å². The molecule has 1 saturated heterocycles. The van der Waals surface area contributed by atoms with E-state index in [2.05, 4.69) is 0 Å². The minimum Gasteiger partial charge on any atom is -0.481 e. The van der Waals surface area contributed by atoms with Gasteiger partial charge in [0.25, 0.3) is 0 Å². The van der Waals surface area contributed by atoms with Crippen LogP contribution in [0.4, 0.5) is 0 Å². The maximum atomic E-state index is 12.3. The Hall–Kier alpha value is -1.10. The zero-order valence-corrected chi connectivity index (χ0v) is 12.1. The van der Waals surface area contributed by atoms with Crippen molar-refractivity contribution in [3.63, 3.8) is 0 Å². The third-order valence-corrected chi connectivity index (χ3v) is 4.38. The molecule has 20 heavy (non-hydrogen) atoms. The molecule has 0 radical (unpaired) electrons. The molecule has 1 saturated carbocycles. The lowest BCUT2D eigenvalue weighted by molar-refractivity contribution is -0.144. The molecule has 2 rings (SSSR count). The summed E-state index contributed by atoms with van der Waals surface area (Å²) in [6, 6.07) is 0.0829. The Morgan fingerprint density at radius 2 is 1.80 bits per heavy atom. The van der Waals surface area contributed by atoms with Crippen LogP contribution >= 0.6 is 0 Å². The number of nitrogens with zero attached hydrogens (tertiary/aromatic N) is 1. The van der Waals surface area contributed by atoms with E-state index in [-0.39, 0.29) is 31.1 Å². The minimum atomic E-state index is -0.787. The van der Waals surface area contributed by atoms with Gasteiger partial charge in [0.2, 0.25) is 5.91 Å². The number of aliphatic carboxylic acids is 1. The SMILES string of the molecule is O=C(O)CCC1CCCCN1C(=O)COC1CCCC1. The van der Waals surface area contributed by atoms with Crippen LogP contribution in [-0.4, -0.2) is 47.2 Å². The number of ether oxygens (including phenoxy) is 1. The summed E-state index contributed by atoms with van der Waals surface area (Å²) in [5.74, 6) is -0.753. The quantitative estimate of drug-likeness (QED) is 0.811. The van der Waals surface area contributed by atoms with Crippen molar-refractivity contribution in [2.75, 3.05) is 13.2 Å². The van der Waals surface area contributed by atoms with Gasteiger partial charge in [0.1, 0.15) is 6.61 Å². The summed E-state index contributed by atoms with van der Waals surface area (Å²) in [5.41, 5.74) is 0. The fraction of sp³-hybridized carbons (Fsp3) is 0.867. The van der Waals surface area contributed by atoms with E-state index in [0.29, 0.717) is 6.42 Å². The van der Waals surface area contributed by atoms with Gasteiger partial charge in [-0.15, -0.1) is 0 Å². The lowest BCUT2D eigenvalue weighted by atomic mass is 9.98. The lowest BCUT2D eigenvalue weighted by Crippen LogP contribution is -2.45. The van der Waals surface area contributed by atoms with E-state index >= 15 is 0 Å². The number of hydrogen-bond acceptors (Lipinski definition) is 3. The summed E-state index contributed by atoms with van der Waals surface area (Å²) < 4.78 is 5.68. The van der Waals surface area contributed by atoms with Crippen LogP contribution in [0.3, 0.4) is 0 Å². The Morgan fingerprint density at radius 3 is 2.50 bits per heavy atom. The standard InChI is InChI=1S/C15H25NO4/c17-14(11-20-13-6-1-2-7-13)16-10-4-3-5-12(16)8-9-15(18)19/h12-13H,1-11H2,(H,18,19). The van der Waals surface area contributed by atoms with Gasteiger partial charge in [0, 0.05) is 19.0 Å². The van der Waals surface area contributed by atoms with Gasteiger partial charge in [-0.1, -0.05) is 12.8 Å². The molecule has 1 aliphatic carbocycles. The van der Waals surface area contributed by atoms with E-state index in [9.17, 15) is 9.59 Å². The first-order valence-corrected chi connectivity index (χ1v) is 7.79. The fourth-order valence-electron chi connectivity index (χ4n) is 3.25. The van der Waals surface area contributed by atoms with Crippen molar-refractivity contribution >= 4 is 11.9 Å². The number of carbonyl (C=O) groups is 2. The summed E-state index contributed by atoms with van der Waals surface area (Å²) in [4.78, 5) is 24.8. The molecule has 0 aromatic carbocycles. The molecule has 1 unspecified atom stereocenters. The average molecular weight is 283 g/mol. The minimum absolute atomic E-state index is 0.0342. The van der Waals surface area contributed by atoms with Crippen molar-refractivity contribution in [3.8, 4) is 0 Å². The highest BCUT2D eigenvalue weighted by molar-refractivity contribution is 5.78. The average Bonchev–Trinajstić information content (AvgIpc) is 2.96. The first-order valence-electron chi connectivity index (χ1n) is 7.79. The third kappa shape index (κ3) is 4.47. The fourth-order valence-corrected chi connectivity index (χ4v) is 3.25. The van der Waals surface area contributed by atoms with Gasteiger partial charge in [-0.2, -0.15) is 0 Å². The number of amides is 1. The number of piperidine rings is 1. The number of carbonyl (C=O) groups excluding carboxylic acids is 1. The molecule has 0 spiro atoms. The molecular formula is C15H25NO4. The van der Waals surface area contributed by atoms with Crippen LogP contribution in [0.2, 0.25) is 0 Å². The second-order valence-electron chi connectivity index (χ2n) is 5.89. The maximum Gasteiger partial charge on any atom is 0.303 e. The molecule has 1 N–H and O–H groups in total. The summed E-state index contributed by atoms with van der Waals surface area (Å²) in [5, 5.41) is 8.79. The van der Waals surface area contributed by atoms with Crippen LogP contribution in [0.5, 0.6) is 0 Å². The summed E-state index contributed by atoms with van der Waals surface area (Å²) >= 11 is 0. The predicted molar refractivity (Wildman–Crippen MR) is 74.4 cm³/mol. The van der Waals surface area contributed by atoms with E-state index < -0.39 is 5.97 Å². The maximum absolute atomic E-state index is 12.3. The first kappa shape index (κ1) is 15.3. The number of carboxylic acid groups (broad SMARTS) is 1. The highest BCUT2D eigenvalue weighted by Crippen LogP contribution is 2.23.